The summed E-state index contributed by atoms with van der Waals surface area (Å²) >= 11 is 1.45. The van der Waals surface area contributed by atoms with E-state index in [1.165, 1.54) is 11.5 Å². The monoisotopic (exact) mass is 253 g/mol. The second-order valence-corrected chi connectivity index (χ2v) is 5.23. The number of aryl methyl sites for hydroxylation is 1. The van der Waals surface area contributed by atoms with E-state index in [1.54, 1.807) is 0 Å². The van der Waals surface area contributed by atoms with Crippen LogP contribution < -0.4 is 10.2 Å². The first kappa shape index (κ1) is 10.9. The predicted octanol–water partition coefficient (Wildman–Crippen LogP) is -0.533. The Morgan fingerprint density at radius 3 is 2.94 bits per heavy atom. The molecule has 2 saturated heterocycles. The van der Waals surface area contributed by atoms with Gasteiger partial charge in [-0.2, -0.15) is 4.37 Å². The second kappa shape index (κ2) is 4.23. The van der Waals surface area contributed by atoms with Crippen LogP contribution in [0, 0.1) is 6.92 Å². The lowest BCUT2D eigenvalue weighted by molar-refractivity contribution is -0.125. The van der Waals surface area contributed by atoms with Crippen molar-refractivity contribution in [2.45, 2.75) is 13.0 Å². The van der Waals surface area contributed by atoms with Crippen molar-refractivity contribution in [3.63, 3.8) is 0 Å². The Hall–Kier alpha value is -1.21. The molecule has 3 rings (SSSR count). The lowest BCUT2D eigenvalue weighted by atomic mass is 10.1. The predicted molar refractivity (Wildman–Crippen MR) is 65.2 cm³/mol. The van der Waals surface area contributed by atoms with Gasteiger partial charge in [0.2, 0.25) is 11.0 Å². The molecule has 92 valence electrons. The zero-order valence-corrected chi connectivity index (χ0v) is 10.5. The van der Waals surface area contributed by atoms with Crippen LogP contribution in [0.5, 0.6) is 0 Å². The molecule has 0 atom stereocenters. The number of amides is 1. The molecule has 6 nitrogen and oxygen atoms in total. The van der Waals surface area contributed by atoms with Gasteiger partial charge in [0.15, 0.2) is 0 Å². The highest BCUT2D eigenvalue weighted by molar-refractivity contribution is 7.09. The van der Waals surface area contributed by atoms with Gasteiger partial charge >= 0.3 is 0 Å². The normalized spacial score (nSPS) is 22.4. The van der Waals surface area contributed by atoms with Gasteiger partial charge in [0, 0.05) is 43.8 Å². The van der Waals surface area contributed by atoms with E-state index in [-0.39, 0.29) is 5.91 Å². The number of nitrogens with one attached hydrogen (secondary N) is 1. The zero-order valence-electron chi connectivity index (χ0n) is 9.72. The van der Waals surface area contributed by atoms with Gasteiger partial charge in [0.25, 0.3) is 0 Å². The first-order chi connectivity index (χ1) is 8.22. The maximum absolute atomic E-state index is 11.3. The van der Waals surface area contributed by atoms with E-state index < -0.39 is 0 Å². The SMILES string of the molecule is Cc1nsc(N2CC(N3CCNC(=O)C3)C2)n1. The van der Waals surface area contributed by atoms with Gasteiger partial charge in [-0.3, -0.25) is 9.69 Å². The van der Waals surface area contributed by atoms with Crippen molar-refractivity contribution in [1.82, 2.24) is 19.6 Å². The molecule has 0 aliphatic carbocycles. The Labute approximate surface area is 104 Å². The summed E-state index contributed by atoms with van der Waals surface area (Å²) in [5.74, 6) is 0.979. The molecular formula is C10H15N5OS. The molecule has 2 aliphatic rings. The van der Waals surface area contributed by atoms with Gasteiger partial charge < -0.3 is 10.2 Å². The third-order valence-corrected chi connectivity index (χ3v) is 4.10. The van der Waals surface area contributed by atoms with Gasteiger partial charge in [-0.25, -0.2) is 4.98 Å². The average molecular weight is 253 g/mol. The Morgan fingerprint density at radius 2 is 2.29 bits per heavy atom. The van der Waals surface area contributed by atoms with E-state index in [9.17, 15) is 4.79 Å². The molecule has 2 aliphatic heterocycles. The number of anilines is 1. The highest BCUT2D eigenvalue weighted by Crippen LogP contribution is 2.25. The van der Waals surface area contributed by atoms with E-state index in [0.717, 1.165) is 37.1 Å². The fourth-order valence-electron chi connectivity index (χ4n) is 2.23. The molecule has 7 heteroatoms. The number of hydrogen-bond donors (Lipinski definition) is 1. The number of aromatic nitrogens is 2. The Morgan fingerprint density at radius 1 is 1.47 bits per heavy atom. The van der Waals surface area contributed by atoms with Crippen LogP contribution in [0.2, 0.25) is 0 Å². The minimum atomic E-state index is 0.140. The molecule has 0 radical (unpaired) electrons. The fourth-order valence-corrected chi connectivity index (χ4v) is 2.92. The van der Waals surface area contributed by atoms with Crippen LogP contribution in [0.1, 0.15) is 5.82 Å². The maximum Gasteiger partial charge on any atom is 0.234 e. The van der Waals surface area contributed by atoms with Crippen LogP contribution in [0.3, 0.4) is 0 Å². The van der Waals surface area contributed by atoms with Crippen molar-refractivity contribution < 1.29 is 4.79 Å². The smallest absolute Gasteiger partial charge is 0.234 e. The first-order valence-electron chi connectivity index (χ1n) is 5.78. The Bertz CT molecular complexity index is 428. The van der Waals surface area contributed by atoms with Gasteiger partial charge in [0.1, 0.15) is 5.82 Å². The van der Waals surface area contributed by atoms with Crippen LogP contribution in [0.25, 0.3) is 0 Å². The largest absolute Gasteiger partial charge is 0.354 e. The summed E-state index contributed by atoms with van der Waals surface area (Å²) in [7, 11) is 0. The average Bonchev–Trinajstić information content (AvgIpc) is 2.63. The molecule has 0 bridgehead atoms. The Kier molecular flexibility index (Phi) is 2.71. The van der Waals surface area contributed by atoms with Crippen LogP contribution in [0.4, 0.5) is 5.13 Å². The molecule has 0 spiro atoms. The molecule has 1 aromatic rings. The molecule has 1 amide bonds. The molecule has 2 fully saturated rings. The van der Waals surface area contributed by atoms with Gasteiger partial charge in [-0.15, -0.1) is 0 Å². The molecule has 0 unspecified atom stereocenters. The van der Waals surface area contributed by atoms with Gasteiger partial charge in [0.05, 0.1) is 6.54 Å². The lowest BCUT2D eigenvalue weighted by Gasteiger charge is -2.46. The second-order valence-electron chi connectivity index (χ2n) is 4.50. The number of piperazine rings is 1. The number of hydrogen-bond acceptors (Lipinski definition) is 6. The Balaban J connectivity index is 1.55. The molecule has 1 aromatic heterocycles. The summed E-state index contributed by atoms with van der Waals surface area (Å²) in [6, 6.07) is 0.491. The van der Waals surface area contributed by atoms with Crippen molar-refractivity contribution in [3.05, 3.63) is 5.82 Å². The van der Waals surface area contributed by atoms with Crippen molar-refractivity contribution in [2.75, 3.05) is 37.6 Å². The third kappa shape index (κ3) is 2.12. The molecule has 0 saturated carbocycles. The van der Waals surface area contributed by atoms with E-state index in [4.69, 9.17) is 0 Å². The standard InChI is InChI=1S/C10H15N5OS/c1-7-12-10(17-13-7)15-4-8(5-15)14-3-2-11-9(16)6-14/h8H,2-6H2,1H3,(H,11,16). The minimum absolute atomic E-state index is 0.140. The van der Waals surface area contributed by atoms with Crippen molar-refractivity contribution in [1.29, 1.82) is 0 Å². The molecule has 3 heterocycles. The van der Waals surface area contributed by atoms with E-state index in [1.807, 2.05) is 6.92 Å². The summed E-state index contributed by atoms with van der Waals surface area (Å²) in [6.07, 6.45) is 0. The summed E-state index contributed by atoms with van der Waals surface area (Å²) < 4.78 is 4.18. The van der Waals surface area contributed by atoms with Crippen LogP contribution in [0.15, 0.2) is 0 Å². The van der Waals surface area contributed by atoms with Crippen molar-refractivity contribution in [2.24, 2.45) is 0 Å². The maximum atomic E-state index is 11.3. The minimum Gasteiger partial charge on any atom is -0.354 e. The van der Waals surface area contributed by atoms with Gasteiger partial charge in [-0.05, 0) is 6.92 Å². The zero-order chi connectivity index (χ0) is 11.8. The van der Waals surface area contributed by atoms with Crippen LogP contribution in [-0.2, 0) is 4.79 Å². The van der Waals surface area contributed by atoms with E-state index in [0.29, 0.717) is 12.6 Å². The third-order valence-electron chi connectivity index (χ3n) is 3.23. The lowest BCUT2D eigenvalue weighted by Crippen LogP contribution is -2.63. The number of nitrogens with zero attached hydrogens (tertiary/aromatic N) is 4. The quantitative estimate of drug-likeness (QED) is 0.767. The van der Waals surface area contributed by atoms with Crippen LogP contribution >= 0.6 is 11.5 Å². The van der Waals surface area contributed by atoms with Crippen LogP contribution in [-0.4, -0.2) is 58.9 Å². The highest BCUT2D eigenvalue weighted by atomic mass is 32.1. The first-order valence-corrected chi connectivity index (χ1v) is 6.56. The number of carbonyl (C=O) groups excluding carboxylic acids is 1. The molecular weight excluding hydrogens is 238 g/mol. The number of carbonyl (C=O) groups is 1. The van der Waals surface area contributed by atoms with E-state index >= 15 is 0 Å². The highest BCUT2D eigenvalue weighted by Gasteiger charge is 2.35. The van der Waals surface area contributed by atoms with Crippen molar-refractivity contribution in [3.8, 4) is 0 Å². The molecule has 1 N–H and O–H groups in total. The van der Waals surface area contributed by atoms with Gasteiger partial charge in [-0.1, -0.05) is 0 Å². The van der Waals surface area contributed by atoms with E-state index in [2.05, 4.69) is 24.5 Å². The topological polar surface area (TPSA) is 61.4 Å². The molecule has 0 aromatic carbocycles. The fraction of sp³-hybridized carbons (Fsp3) is 0.700. The number of rotatable bonds is 2. The van der Waals surface area contributed by atoms with Crippen molar-refractivity contribution >= 4 is 22.6 Å². The summed E-state index contributed by atoms with van der Waals surface area (Å²) in [4.78, 5) is 20.1. The molecule has 17 heavy (non-hydrogen) atoms. The summed E-state index contributed by atoms with van der Waals surface area (Å²) in [6.45, 7) is 6.09. The summed E-state index contributed by atoms with van der Waals surface area (Å²) in [5.41, 5.74) is 0. The summed E-state index contributed by atoms with van der Waals surface area (Å²) in [5, 5.41) is 3.85.